The Morgan fingerprint density at radius 3 is 2.65 bits per heavy atom. The number of hydrogen-bond donors (Lipinski definition) is 3. The number of rotatable bonds is 9. The standard InChI is InChI=1S/C18H22N2O6/c1-12(21)20-14(18(24)19-8-4-2-3-5-17(22)23)9-13-6-7-15-16(10-13)26-11-25-15/h6-7,9-10H,2-5,8,11H2,1H3,(H,19,24)(H,20,21)(H,22,23). The zero-order valence-electron chi connectivity index (χ0n) is 14.5. The molecule has 0 spiro atoms. The van der Waals surface area contributed by atoms with Crippen LogP contribution in [0.25, 0.3) is 6.08 Å². The van der Waals surface area contributed by atoms with Crippen LogP contribution in [0.15, 0.2) is 23.9 Å². The first-order valence-electron chi connectivity index (χ1n) is 8.34. The van der Waals surface area contributed by atoms with Gasteiger partial charge in [0.2, 0.25) is 12.7 Å². The molecule has 0 aromatic heterocycles. The number of aliphatic carboxylic acids is 1. The molecule has 0 bridgehead atoms. The molecule has 1 aliphatic heterocycles. The lowest BCUT2D eigenvalue weighted by Gasteiger charge is -2.10. The Bertz CT molecular complexity index is 714. The van der Waals surface area contributed by atoms with Gasteiger partial charge in [-0.05, 0) is 36.6 Å². The van der Waals surface area contributed by atoms with Crippen LogP contribution < -0.4 is 20.1 Å². The number of nitrogens with one attached hydrogen (secondary N) is 2. The van der Waals surface area contributed by atoms with Crippen LogP contribution >= 0.6 is 0 Å². The minimum absolute atomic E-state index is 0.120. The highest BCUT2D eigenvalue weighted by Crippen LogP contribution is 2.32. The summed E-state index contributed by atoms with van der Waals surface area (Å²) in [5, 5.41) is 13.8. The smallest absolute Gasteiger partial charge is 0.303 e. The van der Waals surface area contributed by atoms with Gasteiger partial charge in [-0.3, -0.25) is 14.4 Å². The van der Waals surface area contributed by atoms with Crippen molar-refractivity contribution in [3.63, 3.8) is 0 Å². The molecule has 1 aromatic carbocycles. The van der Waals surface area contributed by atoms with E-state index in [0.29, 0.717) is 42.9 Å². The Labute approximate surface area is 151 Å². The number of ether oxygens (including phenoxy) is 2. The third kappa shape index (κ3) is 6.12. The van der Waals surface area contributed by atoms with Gasteiger partial charge in [0.05, 0.1) is 0 Å². The summed E-state index contributed by atoms with van der Waals surface area (Å²) in [5.74, 6) is -0.368. The van der Waals surface area contributed by atoms with E-state index in [0.717, 1.165) is 0 Å². The molecule has 0 atom stereocenters. The molecule has 2 rings (SSSR count). The van der Waals surface area contributed by atoms with E-state index in [1.54, 1.807) is 24.3 Å². The first kappa shape index (κ1) is 19.3. The van der Waals surface area contributed by atoms with Gasteiger partial charge in [-0.15, -0.1) is 0 Å². The maximum absolute atomic E-state index is 12.3. The first-order valence-corrected chi connectivity index (χ1v) is 8.34. The van der Waals surface area contributed by atoms with E-state index in [-0.39, 0.29) is 24.8 Å². The Balaban J connectivity index is 1.94. The summed E-state index contributed by atoms with van der Waals surface area (Å²) in [6, 6.07) is 5.22. The number of carbonyl (C=O) groups excluding carboxylic acids is 2. The van der Waals surface area contributed by atoms with Gasteiger partial charge >= 0.3 is 5.97 Å². The van der Waals surface area contributed by atoms with Crippen LogP contribution in [0.4, 0.5) is 0 Å². The summed E-state index contributed by atoms with van der Waals surface area (Å²) < 4.78 is 10.5. The van der Waals surface area contributed by atoms with Crippen molar-refractivity contribution in [3.8, 4) is 11.5 Å². The minimum Gasteiger partial charge on any atom is -0.481 e. The fourth-order valence-electron chi connectivity index (χ4n) is 2.39. The summed E-state index contributed by atoms with van der Waals surface area (Å²) in [5.41, 5.74) is 0.816. The molecule has 1 heterocycles. The SMILES string of the molecule is CC(=O)NC(=Cc1ccc2c(c1)OCO2)C(=O)NCCCCCC(=O)O. The van der Waals surface area contributed by atoms with Crippen molar-refractivity contribution in [1.82, 2.24) is 10.6 Å². The van der Waals surface area contributed by atoms with E-state index >= 15 is 0 Å². The molecule has 0 saturated carbocycles. The highest BCUT2D eigenvalue weighted by atomic mass is 16.7. The van der Waals surface area contributed by atoms with Gasteiger partial charge in [0, 0.05) is 19.9 Å². The predicted octanol–water partition coefficient (Wildman–Crippen LogP) is 1.65. The van der Waals surface area contributed by atoms with Crippen molar-refractivity contribution in [3.05, 3.63) is 29.5 Å². The Hall–Kier alpha value is -3.03. The second-order valence-corrected chi connectivity index (χ2v) is 5.81. The number of carboxylic acids is 1. The first-order chi connectivity index (χ1) is 12.5. The van der Waals surface area contributed by atoms with Gasteiger partial charge in [-0.25, -0.2) is 0 Å². The monoisotopic (exact) mass is 362 g/mol. The molecule has 3 N–H and O–H groups in total. The lowest BCUT2D eigenvalue weighted by atomic mass is 10.1. The predicted molar refractivity (Wildman–Crippen MR) is 93.5 cm³/mol. The van der Waals surface area contributed by atoms with Gasteiger partial charge in [-0.1, -0.05) is 12.5 Å². The molecule has 0 saturated heterocycles. The number of fused-ring (bicyclic) bond motifs is 1. The molecule has 26 heavy (non-hydrogen) atoms. The summed E-state index contributed by atoms with van der Waals surface area (Å²) >= 11 is 0. The maximum atomic E-state index is 12.3. The van der Waals surface area contributed by atoms with E-state index < -0.39 is 11.9 Å². The summed E-state index contributed by atoms with van der Waals surface area (Å²) in [6.07, 6.45) is 3.61. The molecule has 8 nitrogen and oxygen atoms in total. The van der Waals surface area contributed by atoms with Crippen LogP contribution in [-0.2, 0) is 14.4 Å². The maximum Gasteiger partial charge on any atom is 0.303 e. The van der Waals surface area contributed by atoms with Gasteiger partial charge in [0.1, 0.15) is 5.70 Å². The Morgan fingerprint density at radius 2 is 1.92 bits per heavy atom. The average Bonchev–Trinajstić information content (AvgIpc) is 3.04. The molecule has 140 valence electrons. The summed E-state index contributed by atoms with van der Waals surface area (Å²) in [7, 11) is 0. The highest BCUT2D eigenvalue weighted by Gasteiger charge is 2.15. The molecule has 1 aliphatic rings. The third-order valence-electron chi connectivity index (χ3n) is 3.62. The largest absolute Gasteiger partial charge is 0.481 e. The van der Waals surface area contributed by atoms with Crippen LogP contribution in [0.5, 0.6) is 11.5 Å². The van der Waals surface area contributed by atoms with Gasteiger partial charge < -0.3 is 25.2 Å². The van der Waals surface area contributed by atoms with Crippen LogP contribution in [0, 0.1) is 0 Å². The molecule has 0 unspecified atom stereocenters. The van der Waals surface area contributed by atoms with Crippen LogP contribution in [0.2, 0.25) is 0 Å². The fourth-order valence-corrected chi connectivity index (χ4v) is 2.39. The minimum atomic E-state index is -0.825. The number of amides is 2. The summed E-state index contributed by atoms with van der Waals surface area (Å²) in [4.78, 5) is 34.1. The molecule has 0 fully saturated rings. The highest BCUT2D eigenvalue weighted by molar-refractivity contribution is 6.00. The fraction of sp³-hybridized carbons (Fsp3) is 0.389. The third-order valence-corrected chi connectivity index (χ3v) is 3.62. The molecule has 8 heteroatoms. The van der Waals surface area contributed by atoms with E-state index in [4.69, 9.17) is 14.6 Å². The number of unbranched alkanes of at least 4 members (excludes halogenated alkanes) is 2. The van der Waals surface area contributed by atoms with Crippen LogP contribution in [-0.4, -0.2) is 36.2 Å². The van der Waals surface area contributed by atoms with Crippen LogP contribution in [0.1, 0.15) is 38.2 Å². The van der Waals surface area contributed by atoms with E-state index in [9.17, 15) is 14.4 Å². The normalized spacial score (nSPS) is 12.6. The second-order valence-electron chi connectivity index (χ2n) is 5.81. The molecule has 1 aromatic rings. The quantitative estimate of drug-likeness (QED) is 0.455. The second kappa shape index (κ2) is 9.45. The molecular formula is C18H22N2O6. The van der Waals surface area contributed by atoms with Crippen molar-refractivity contribution in [1.29, 1.82) is 0 Å². The average molecular weight is 362 g/mol. The van der Waals surface area contributed by atoms with Crippen LogP contribution in [0.3, 0.4) is 0 Å². The zero-order chi connectivity index (χ0) is 18.9. The topological polar surface area (TPSA) is 114 Å². The molecular weight excluding hydrogens is 340 g/mol. The van der Waals surface area contributed by atoms with Crippen molar-refractivity contribution in [2.75, 3.05) is 13.3 Å². The van der Waals surface area contributed by atoms with E-state index in [1.165, 1.54) is 6.92 Å². The number of hydrogen-bond acceptors (Lipinski definition) is 5. The Kier molecular flexibility index (Phi) is 7.02. The molecule has 2 amide bonds. The van der Waals surface area contributed by atoms with Gasteiger partial charge in [0.15, 0.2) is 11.5 Å². The molecule has 0 radical (unpaired) electrons. The van der Waals surface area contributed by atoms with Crippen molar-refractivity contribution in [2.45, 2.75) is 32.6 Å². The lowest BCUT2D eigenvalue weighted by molar-refractivity contribution is -0.137. The zero-order valence-corrected chi connectivity index (χ0v) is 14.5. The van der Waals surface area contributed by atoms with Crippen molar-refractivity contribution in [2.24, 2.45) is 0 Å². The number of carboxylic acid groups (broad SMARTS) is 1. The lowest BCUT2D eigenvalue weighted by Crippen LogP contribution is -2.34. The molecule has 0 aliphatic carbocycles. The Morgan fingerprint density at radius 1 is 1.15 bits per heavy atom. The van der Waals surface area contributed by atoms with Crippen molar-refractivity contribution < 1.29 is 29.0 Å². The summed E-state index contributed by atoms with van der Waals surface area (Å²) in [6.45, 7) is 1.88. The van der Waals surface area contributed by atoms with Gasteiger partial charge in [-0.2, -0.15) is 0 Å². The number of benzene rings is 1. The van der Waals surface area contributed by atoms with E-state index in [1.807, 2.05) is 0 Å². The number of carbonyl (C=O) groups is 3. The van der Waals surface area contributed by atoms with Gasteiger partial charge in [0.25, 0.3) is 5.91 Å². The van der Waals surface area contributed by atoms with Crippen molar-refractivity contribution >= 4 is 23.9 Å². The van der Waals surface area contributed by atoms with E-state index in [2.05, 4.69) is 10.6 Å².